The van der Waals surface area contributed by atoms with Crippen molar-refractivity contribution in [1.82, 2.24) is 20.4 Å². The summed E-state index contributed by atoms with van der Waals surface area (Å²) in [5.41, 5.74) is 2.83. The second-order valence-corrected chi connectivity index (χ2v) is 7.67. The van der Waals surface area contributed by atoms with E-state index in [9.17, 15) is 4.79 Å². The highest BCUT2D eigenvalue weighted by molar-refractivity contribution is 5.94. The largest absolute Gasteiger partial charge is 0.465 e. The van der Waals surface area contributed by atoms with Gasteiger partial charge >= 0.3 is 0 Å². The molecule has 0 fully saturated rings. The first-order valence-electron chi connectivity index (χ1n) is 9.55. The van der Waals surface area contributed by atoms with E-state index in [1.807, 2.05) is 30.8 Å². The molecule has 1 amide bonds. The molecule has 0 saturated carbocycles. The SMILES string of the molecule is Cc1ccc(CNC(=O)c2nn(C)c3c2CC(NCCC(C)C)CC3)o1. The second kappa shape index (κ2) is 8.08. The Balaban J connectivity index is 1.64. The van der Waals surface area contributed by atoms with E-state index in [0.29, 0.717) is 24.2 Å². The first-order chi connectivity index (χ1) is 12.4. The maximum atomic E-state index is 12.7. The number of carbonyl (C=O) groups excluding carboxylic acids is 1. The molecule has 2 heterocycles. The summed E-state index contributed by atoms with van der Waals surface area (Å²) in [4.78, 5) is 12.7. The first-order valence-corrected chi connectivity index (χ1v) is 9.55. The number of aryl methyl sites for hydroxylation is 2. The number of nitrogens with one attached hydrogen (secondary N) is 2. The van der Waals surface area contributed by atoms with E-state index in [2.05, 4.69) is 29.6 Å². The maximum absolute atomic E-state index is 12.7. The van der Waals surface area contributed by atoms with Crippen LogP contribution in [-0.2, 0) is 26.4 Å². The van der Waals surface area contributed by atoms with Crippen LogP contribution in [0.3, 0.4) is 0 Å². The summed E-state index contributed by atoms with van der Waals surface area (Å²) in [5.74, 6) is 2.18. The fourth-order valence-corrected chi connectivity index (χ4v) is 3.55. The molecule has 3 rings (SSSR count). The van der Waals surface area contributed by atoms with Crippen LogP contribution >= 0.6 is 0 Å². The van der Waals surface area contributed by atoms with Gasteiger partial charge in [0.2, 0.25) is 0 Å². The number of aromatic nitrogens is 2. The zero-order chi connectivity index (χ0) is 18.7. The van der Waals surface area contributed by atoms with Gasteiger partial charge < -0.3 is 15.1 Å². The number of hydrogen-bond donors (Lipinski definition) is 2. The Kier molecular flexibility index (Phi) is 5.81. The molecule has 142 valence electrons. The van der Waals surface area contributed by atoms with Crippen molar-refractivity contribution in [2.75, 3.05) is 6.54 Å². The van der Waals surface area contributed by atoms with Crippen molar-refractivity contribution < 1.29 is 9.21 Å². The van der Waals surface area contributed by atoms with Crippen molar-refractivity contribution in [3.05, 3.63) is 40.6 Å². The average Bonchev–Trinajstić information content (AvgIpc) is 3.16. The Morgan fingerprint density at radius 1 is 1.42 bits per heavy atom. The summed E-state index contributed by atoms with van der Waals surface area (Å²) in [5, 5.41) is 11.1. The van der Waals surface area contributed by atoms with Crippen LogP contribution in [0.5, 0.6) is 0 Å². The van der Waals surface area contributed by atoms with Gasteiger partial charge in [0.1, 0.15) is 11.5 Å². The summed E-state index contributed by atoms with van der Waals surface area (Å²) in [7, 11) is 1.93. The molecule has 0 bridgehead atoms. The van der Waals surface area contributed by atoms with E-state index in [4.69, 9.17) is 4.42 Å². The van der Waals surface area contributed by atoms with Crippen molar-refractivity contribution in [1.29, 1.82) is 0 Å². The molecule has 6 heteroatoms. The number of rotatable bonds is 7. The summed E-state index contributed by atoms with van der Waals surface area (Å²) >= 11 is 0. The third-order valence-corrected chi connectivity index (χ3v) is 5.04. The molecule has 26 heavy (non-hydrogen) atoms. The topological polar surface area (TPSA) is 72.1 Å². The van der Waals surface area contributed by atoms with E-state index in [1.54, 1.807) is 0 Å². The number of amides is 1. The molecular formula is C20H30N4O2. The van der Waals surface area contributed by atoms with Crippen LogP contribution in [0.1, 0.15) is 60.0 Å². The minimum atomic E-state index is -0.126. The molecule has 0 aromatic carbocycles. The van der Waals surface area contributed by atoms with Crippen LogP contribution in [0.15, 0.2) is 16.5 Å². The number of furan rings is 1. The maximum Gasteiger partial charge on any atom is 0.272 e. The fraction of sp³-hybridized carbons (Fsp3) is 0.600. The van der Waals surface area contributed by atoms with Gasteiger partial charge in [-0.05, 0) is 57.2 Å². The van der Waals surface area contributed by atoms with Crippen LogP contribution in [0.4, 0.5) is 0 Å². The lowest BCUT2D eigenvalue weighted by atomic mass is 9.91. The number of fused-ring (bicyclic) bond motifs is 1. The average molecular weight is 358 g/mol. The third kappa shape index (κ3) is 4.36. The second-order valence-electron chi connectivity index (χ2n) is 7.67. The normalized spacial score (nSPS) is 16.7. The molecule has 0 radical (unpaired) electrons. The van der Waals surface area contributed by atoms with E-state index >= 15 is 0 Å². The summed E-state index contributed by atoms with van der Waals surface area (Å²) < 4.78 is 7.38. The van der Waals surface area contributed by atoms with Crippen LogP contribution in [0.2, 0.25) is 0 Å². The molecule has 0 saturated heterocycles. The van der Waals surface area contributed by atoms with Crippen molar-refractivity contribution in [2.45, 2.75) is 59.0 Å². The van der Waals surface area contributed by atoms with Crippen LogP contribution in [0.25, 0.3) is 0 Å². The highest BCUT2D eigenvalue weighted by Gasteiger charge is 2.28. The molecule has 6 nitrogen and oxygen atoms in total. The van der Waals surface area contributed by atoms with Gasteiger partial charge in [-0.1, -0.05) is 13.8 Å². The first kappa shape index (κ1) is 18.7. The Morgan fingerprint density at radius 3 is 2.92 bits per heavy atom. The Morgan fingerprint density at radius 2 is 2.23 bits per heavy atom. The van der Waals surface area contributed by atoms with Crippen LogP contribution in [-0.4, -0.2) is 28.3 Å². The van der Waals surface area contributed by atoms with Gasteiger partial charge in [-0.3, -0.25) is 9.48 Å². The standard InChI is InChI=1S/C20H30N4O2/c1-13(2)9-10-21-15-6-8-18-17(11-15)19(23-24(18)4)20(25)22-12-16-7-5-14(3)26-16/h5,7,13,15,21H,6,8-12H2,1-4H3,(H,22,25). The molecule has 1 unspecified atom stereocenters. The van der Waals surface area contributed by atoms with E-state index in [-0.39, 0.29) is 5.91 Å². The zero-order valence-corrected chi connectivity index (χ0v) is 16.3. The highest BCUT2D eigenvalue weighted by Crippen LogP contribution is 2.24. The van der Waals surface area contributed by atoms with Gasteiger partial charge in [0.15, 0.2) is 5.69 Å². The molecule has 1 aliphatic carbocycles. The third-order valence-electron chi connectivity index (χ3n) is 5.04. The lowest BCUT2D eigenvalue weighted by Gasteiger charge is -2.24. The molecule has 0 spiro atoms. The Bertz CT molecular complexity index is 760. The van der Waals surface area contributed by atoms with E-state index < -0.39 is 0 Å². The van der Waals surface area contributed by atoms with E-state index in [1.165, 1.54) is 12.1 Å². The van der Waals surface area contributed by atoms with Gasteiger partial charge in [0.25, 0.3) is 5.91 Å². The summed E-state index contributed by atoms with van der Waals surface area (Å²) in [6, 6.07) is 4.21. The van der Waals surface area contributed by atoms with Crippen molar-refractivity contribution in [3.63, 3.8) is 0 Å². The smallest absolute Gasteiger partial charge is 0.272 e. The molecule has 2 aromatic heterocycles. The molecule has 0 aliphatic heterocycles. The van der Waals surface area contributed by atoms with Crippen molar-refractivity contribution >= 4 is 5.91 Å². The molecule has 1 atom stereocenters. The predicted octanol–water partition coefficient (Wildman–Crippen LogP) is 2.74. The summed E-state index contributed by atoms with van der Waals surface area (Å²) in [6.07, 6.45) is 4.09. The minimum Gasteiger partial charge on any atom is -0.465 e. The Labute approximate surface area is 155 Å². The Hall–Kier alpha value is -2.08. The molecule has 1 aliphatic rings. The summed E-state index contributed by atoms with van der Waals surface area (Å²) in [6.45, 7) is 7.79. The molecular weight excluding hydrogens is 328 g/mol. The quantitative estimate of drug-likeness (QED) is 0.798. The number of hydrogen-bond acceptors (Lipinski definition) is 4. The lowest BCUT2D eigenvalue weighted by molar-refractivity contribution is 0.0941. The van der Waals surface area contributed by atoms with Crippen LogP contribution in [0, 0.1) is 12.8 Å². The lowest BCUT2D eigenvalue weighted by Crippen LogP contribution is -2.36. The van der Waals surface area contributed by atoms with Crippen molar-refractivity contribution in [2.24, 2.45) is 13.0 Å². The molecule has 2 N–H and O–H groups in total. The van der Waals surface area contributed by atoms with Gasteiger partial charge in [-0.2, -0.15) is 5.10 Å². The van der Waals surface area contributed by atoms with E-state index in [0.717, 1.165) is 42.9 Å². The predicted molar refractivity (Wildman–Crippen MR) is 101 cm³/mol. The van der Waals surface area contributed by atoms with Gasteiger partial charge in [0.05, 0.1) is 6.54 Å². The molecule has 2 aromatic rings. The van der Waals surface area contributed by atoms with Gasteiger partial charge in [-0.15, -0.1) is 0 Å². The highest BCUT2D eigenvalue weighted by atomic mass is 16.3. The van der Waals surface area contributed by atoms with Gasteiger partial charge in [0, 0.05) is 24.3 Å². The monoisotopic (exact) mass is 358 g/mol. The van der Waals surface area contributed by atoms with Crippen molar-refractivity contribution in [3.8, 4) is 0 Å². The zero-order valence-electron chi connectivity index (χ0n) is 16.3. The fourth-order valence-electron chi connectivity index (χ4n) is 3.55. The van der Waals surface area contributed by atoms with Gasteiger partial charge in [-0.25, -0.2) is 0 Å². The minimum absolute atomic E-state index is 0.126. The number of carbonyl (C=O) groups is 1. The van der Waals surface area contributed by atoms with Crippen LogP contribution < -0.4 is 10.6 Å². The number of nitrogens with zero attached hydrogens (tertiary/aromatic N) is 2.